The predicted octanol–water partition coefficient (Wildman–Crippen LogP) is 0.531. The molecular weight excluding hydrogens is 164 g/mol. The summed E-state index contributed by atoms with van der Waals surface area (Å²) in [7, 11) is 0. The monoisotopic (exact) mass is 184 g/mol. The molecule has 1 atom stereocenters. The first-order valence-electron chi connectivity index (χ1n) is 5.06. The van der Waals surface area contributed by atoms with Crippen LogP contribution in [0.2, 0.25) is 0 Å². The maximum Gasteiger partial charge on any atom is 0.0591 e. The van der Waals surface area contributed by atoms with Crippen molar-refractivity contribution in [1.82, 2.24) is 10.6 Å². The highest BCUT2D eigenvalue weighted by Crippen LogP contribution is 1.95. The van der Waals surface area contributed by atoms with E-state index in [0.717, 1.165) is 39.3 Å². The molecule has 0 spiro atoms. The van der Waals surface area contributed by atoms with Crippen molar-refractivity contribution in [3.05, 3.63) is 12.7 Å². The largest absolute Gasteiger partial charge is 0.380 e. The van der Waals surface area contributed by atoms with Crippen molar-refractivity contribution in [3.63, 3.8) is 0 Å². The summed E-state index contributed by atoms with van der Waals surface area (Å²) < 4.78 is 5.38. The van der Waals surface area contributed by atoms with E-state index < -0.39 is 0 Å². The van der Waals surface area contributed by atoms with E-state index in [1.807, 2.05) is 6.08 Å². The van der Waals surface area contributed by atoms with Gasteiger partial charge in [-0.1, -0.05) is 6.08 Å². The van der Waals surface area contributed by atoms with Gasteiger partial charge in [0.1, 0.15) is 0 Å². The second-order valence-electron chi connectivity index (χ2n) is 3.33. The van der Waals surface area contributed by atoms with E-state index in [-0.39, 0.29) is 0 Å². The number of rotatable bonds is 7. The van der Waals surface area contributed by atoms with Crippen LogP contribution in [0, 0.1) is 0 Å². The molecule has 0 aromatic rings. The highest BCUT2D eigenvalue weighted by molar-refractivity contribution is 4.76. The summed E-state index contributed by atoms with van der Waals surface area (Å²) >= 11 is 0. The van der Waals surface area contributed by atoms with Gasteiger partial charge in [-0.15, -0.1) is 6.58 Å². The first-order valence-corrected chi connectivity index (χ1v) is 5.06. The van der Waals surface area contributed by atoms with Crippen molar-refractivity contribution in [2.75, 3.05) is 32.8 Å². The average molecular weight is 184 g/mol. The quantitative estimate of drug-likeness (QED) is 0.447. The summed E-state index contributed by atoms with van der Waals surface area (Å²) in [6.45, 7) is 8.46. The van der Waals surface area contributed by atoms with Gasteiger partial charge < -0.3 is 15.4 Å². The molecule has 76 valence electrons. The maximum atomic E-state index is 5.38. The van der Waals surface area contributed by atoms with Gasteiger partial charge in [0.2, 0.25) is 0 Å². The van der Waals surface area contributed by atoms with Crippen molar-refractivity contribution in [2.24, 2.45) is 0 Å². The van der Waals surface area contributed by atoms with Crippen molar-refractivity contribution in [2.45, 2.75) is 18.9 Å². The van der Waals surface area contributed by atoms with E-state index in [1.165, 1.54) is 6.42 Å². The molecule has 0 saturated carbocycles. The molecule has 1 saturated heterocycles. The van der Waals surface area contributed by atoms with Crippen molar-refractivity contribution in [3.8, 4) is 0 Å². The van der Waals surface area contributed by atoms with Crippen LogP contribution < -0.4 is 10.6 Å². The maximum absolute atomic E-state index is 5.38. The highest BCUT2D eigenvalue weighted by Gasteiger charge is 2.12. The van der Waals surface area contributed by atoms with Crippen LogP contribution in [0.3, 0.4) is 0 Å². The van der Waals surface area contributed by atoms with Crippen molar-refractivity contribution >= 4 is 0 Å². The zero-order valence-electron chi connectivity index (χ0n) is 8.22. The van der Waals surface area contributed by atoms with E-state index >= 15 is 0 Å². The summed E-state index contributed by atoms with van der Waals surface area (Å²) in [6, 6.07) is 0.656. The molecule has 0 radical (unpaired) electrons. The van der Waals surface area contributed by atoms with Crippen LogP contribution in [0.4, 0.5) is 0 Å². The predicted molar refractivity (Wildman–Crippen MR) is 54.9 cm³/mol. The van der Waals surface area contributed by atoms with Gasteiger partial charge in [0.05, 0.1) is 13.2 Å². The van der Waals surface area contributed by atoms with Crippen LogP contribution in [0.1, 0.15) is 12.8 Å². The lowest BCUT2D eigenvalue weighted by molar-refractivity contribution is 0.138. The molecule has 3 heteroatoms. The van der Waals surface area contributed by atoms with Gasteiger partial charge in [-0.3, -0.25) is 0 Å². The third kappa shape index (κ3) is 5.03. The second kappa shape index (κ2) is 7.06. The lowest BCUT2D eigenvalue weighted by atomic mass is 10.3. The number of hydrogen-bond acceptors (Lipinski definition) is 3. The van der Waals surface area contributed by atoms with Crippen LogP contribution in [0.5, 0.6) is 0 Å². The Bertz CT molecular complexity index is 133. The molecule has 1 heterocycles. The smallest absolute Gasteiger partial charge is 0.0591 e. The molecule has 0 bridgehead atoms. The standard InChI is InChI=1S/C10H20N2O/c1-2-3-7-13-8-6-12-10-4-5-11-9-10/h2,10-12H,1,3-9H2. The number of hydrogen-bond donors (Lipinski definition) is 2. The Balaban J connectivity index is 1.80. The number of ether oxygens (including phenoxy) is 1. The van der Waals surface area contributed by atoms with Gasteiger partial charge in [0.15, 0.2) is 0 Å². The Morgan fingerprint density at radius 2 is 2.46 bits per heavy atom. The Kier molecular flexibility index (Phi) is 5.81. The summed E-state index contributed by atoms with van der Waals surface area (Å²) in [5.41, 5.74) is 0. The van der Waals surface area contributed by atoms with Gasteiger partial charge in [0.25, 0.3) is 0 Å². The van der Waals surface area contributed by atoms with Gasteiger partial charge in [0, 0.05) is 19.1 Å². The normalized spacial score (nSPS) is 22.0. The van der Waals surface area contributed by atoms with Crippen LogP contribution in [0.15, 0.2) is 12.7 Å². The van der Waals surface area contributed by atoms with Crippen molar-refractivity contribution < 1.29 is 4.74 Å². The van der Waals surface area contributed by atoms with E-state index in [1.54, 1.807) is 0 Å². The fourth-order valence-corrected chi connectivity index (χ4v) is 1.43. The summed E-state index contributed by atoms with van der Waals surface area (Å²) in [5.74, 6) is 0. The van der Waals surface area contributed by atoms with Crippen molar-refractivity contribution in [1.29, 1.82) is 0 Å². The highest BCUT2D eigenvalue weighted by atomic mass is 16.5. The molecule has 0 aliphatic carbocycles. The molecule has 2 N–H and O–H groups in total. The van der Waals surface area contributed by atoms with Crippen LogP contribution in [-0.2, 0) is 4.74 Å². The molecule has 0 amide bonds. The topological polar surface area (TPSA) is 33.3 Å². The molecule has 1 aliphatic rings. The van der Waals surface area contributed by atoms with Gasteiger partial charge in [-0.2, -0.15) is 0 Å². The molecule has 1 rings (SSSR count). The molecule has 0 aromatic heterocycles. The minimum absolute atomic E-state index is 0.656. The molecule has 1 unspecified atom stereocenters. The minimum atomic E-state index is 0.656. The van der Waals surface area contributed by atoms with Crippen LogP contribution in [-0.4, -0.2) is 38.9 Å². The second-order valence-corrected chi connectivity index (χ2v) is 3.33. The zero-order valence-corrected chi connectivity index (χ0v) is 8.22. The molecule has 1 aliphatic heterocycles. The summed E-state index contributed by atoms with van der Waals surface area (Å²) in [6.07, 6.45) is 4.08. The minimum Gasteiger partial charge on any atom is -0.380 e. The molecule has 13 heavy (non-hydrogen) atoms. The SMILES string of the molecule is C=CCCOCCNC1CCNC1. The molecule has 0 aromatic carbocycles. The molecular formula is C10H20N2O. The van der Waals surface area contributed by atoms with Gasteiger partial charge >= 0.3 is 0 Å². The van der Waals surface area contributed by atoms with Crippen LogP contribution in [0.25, 0.3) is 0 Å². The zero-order chi connectivity index (χ0) is 9.36. The van der Waals surface area contributed by atoms with E-state index in [4.69, 9.17) is 4.74 Å². The third-order valence-electron chi connectivity index (χ3n) is 2.21. The number of nitrogens with one attached hydrogen (secondary N) is 2. The summed E-state index contributed by atoms with van der Waals surface area (Å²) in [5, 5.41) is 6.76. The van der Waals surface area contributed by atoms with E-state index in [9.17, 15) is 0 Å². The van der Waals surface area contributed by atoms with Gasteiger partial charge in [-0.25, -0.2) is 0 Å². The van der Waals surface area contributed by atoms with Gasteiger partial charge in [-0.05, 0) is 19.4 Å². The fourth-order valence-electron chi connectivity index (χ4n) is 1.43. The Labute approximate surface area is 80.5 Å². The lowest BCUT2D eigenvalue weighted by Crippen LogP contribution is -2.33. The Morgan fingerprint density at radius 3 is 3.15 bits per heavy atom. The first-order chi connectivity index (χ1) is 6.43. The first kappa shape index (κ1) is 10.7. The Morgan fingerprint density at radius 1 is 1.54 bits per heavy atom. The molecule has 3 nitrogen and oxygen atoms in total. The fraction of sp³-hybridized carbons (Fsp3) is 0.800. The third-order valence-corrected chi connectivity index (χ3v) is 2.21. The van der Waals surface area contributed by atoms with E-state index in [0.29, 0.717) is 6.04 Å². The Hall–Kier alpha value is -0.380. The lowest BCUT2D eigenvalue weighted by Gasteiger charge is -2.10. The van der Waals surface area contributed by atoms with E-state index in [2.05, 4.69) is 17.2 Å². The molecule has 1 fully saturated rings. The van der Waals surface area contributed by atoms with Crippen LogP contribution >= 0.6 is 0 Å². The average Bonchev–Trinajstić information content (AvgIpc) is 2.63. The summed E-state index contributed by atoms with van der Waals surface area (Å²) in [4.78, 5) is 0.